The molecular weight excluding hydrogens is 148 g/mol. The third kappa shape index (κ3) is 1.41. The Labute approximate surface area is 63.1 Å². The summed E-state index contributed by atoms with van der Waals surface area (Å²) in [6, 6.07) is 0. The van der Waals surface area contributed by atoms with Crippen LogP contribution in [0.4, 0.5) is 0 Å². The third-order valence-corrected chi connectivity index (χ3v) is 1.14. The molecule has 0 spiro atoms. The van der Waals surface area contributed by atoms with Gasteiger partial charge in [0.2, 0.25) is 0 Å². The number of aldehydes is 1. The van der Waals surface area contributed by atoms with Gasteiger partial charge in [-0.15, -0.1) is 0 Å². The Kier molecular flexibility index (Phi) is 2.17. The van der Waals surface area contributed by atoms with Crippen LogP contribution in [0, 0.1) is 0 Å². The lowest BCUT2D eigenvalue weighted by molar-refractivity contribution is 0.112. The van der Waals surface area contributed by atoms with E-state index in [0.717, 1.165) is 0 Å². The molecule has 1 heterocycles. The van der Waals surface area contributed by atoms with Crippen molar-refractivity contribution in [2.24, 2.45) is 0 Å². The third-order valence-electron chi connectivity index (χ3n) is 0.933. The molecule has 1 aromatic heterocycles. The highest BCUT2D eigenvalue weighted by atomic mass is 32.1. The van der Waals surface area contributed by atoms with Gasteiger partial charge in [0.15, 0.2) is 12.1 Å². The van der Waals surface area contributed by atoms with Crippen LogP contribution in [0.3, 0.4) is 0 Å². The van der Waals surface area contributed by atoms with Gasteiger partial charge in [-0.05, 0) is 0 Å². The summed E-state index contributed by atoms with van der Waals surface area (Å²) in [6.45, 7) is 0. The first kappa shape index (κ1) is 6.95. The largest absolute Gasteiger partial charge is 0.298 e. The molecule has 0 atom stereocenters. The summed E-state index contributed by atoms with van der Waals surface area (Å²) in [7, 11) is 0. The molecule has 0 radical (unpaired) electrons. The van der Waals surface area contributed by atoms with Crippen molar-refractivity contribution in [2.45, 2.75) is 0 Å². The van der Waals surface area contributed by atoms with Gasteiger partial charge < -0.3 is 0 Å². The number of hydrogen-bond acceptors (Lipinski definition) is 4. The second-order valence-electron chi connectivity index (χ2n) is 1.61. The predicted octanol–water partition coefficient (Wildman–Crippen LogP) is 0.637. The lowest BCUT2D eigenvalue weighted by Gasteiger charge is -1.88. The number of hydrogen-bond donors (Lipinski definition) is 0. The molecule has 0 fully saturated rings. The van der Waals surface area contributed by atoms with Gasteiger partial charge in [-0.2, -0.15) is 0 Å². The highest BCUT2D eigenvalue weighted by Gasteiger charge is 1.90. The van der Waals surface area contributed by atoms with Crippen molar-refractivity contribution in [3.05, 3.63) is 23.8 Å². The average Bonchev–Trinajstić information content (AvgIpc) is 2.05. The first-order valence-electron chi connectivity index (χ1n) is 2.59. The standard InChI is InChI=1S/C6H4N2OS/c9-3-5-1-7-6(4-10)8-2-5/h1-4H. The number of carbonyl (C=O) groups is 1. The smallest absolute Gasteiger partial charge is 0.162 e. The van der Waals surface area contributed by atoms with Crippen LogP contribution in [-0.2, 0) is 0 Å². The summed E-state index contributed by atoms with van der Waals surface area (Å²) in [5.74, 6) is 0.459. The number of nitrogens with zero attached hydrogens (tertiary/aromatic N) is 2. The van der Waals surface area contributed by atoms with Crippen molar-refractivity contribution >= 4 is 23.9 Å². The molecule has 0 N–H and O–H groups in total. The van der Waals surface area contributed by atoms with Gasteiger partial charge in [0.25, 0.3) is 0 Å². The fraction of sp³-hybridized carbons (Fsp3) is 0. The summed E-state index contributed by atoms with van der Waals surface area (Å²) >= 11 is 4.56. The highest BCUT2D eigenvalue weighted by Crippen LogP contribution is 1.89. The van der Waals surface area contributed by atoms with Crippen LogP contribution < -0.4 is 0 Å². The lowest BCUT2D eigenvalue weighted by Crippen LogP contribution is -1.92. The fourth-order valence-electron chi connectivity index (χ4n) is 0.470. The Morgan fingerprint density at radius 2 is 2.00 bits per heavy atom. The van der Waals surface area contributed by atoms with E-state index in [0.29, 0.717) is 17.7 Å². The van der Waals surface area contributed by atoms with Crippen LogP contribution in [0.15, 0.2) is 12.4 Å². The van der Waals surface area contributed by atoms with Crippen LogP contribution in [0.25, 0.3) is 0 Å². The molecule has 0 saturated carbocycles. The predicted molar refractivity (Wildman–Crippen MR) is 40.2 cm³/mol. The number of rotatable bonds is 2. The summed E-state index contributed by atoms with van der Waals surface area (Å²) in [6.07, 6.45) is 3.55. The minimum Gasteiger partial charge on any atom is -0.298 e. The van der Waals surface area contributed by atoms with Crippen LogP contribution in [0.5, 0.6) is 0 Å². The van der Waals surface area contributed by atoms with Crippen molar-refractivity contribution in [3.8, 4) is 0 Å². The second-order valence-corrected chi connectivity index (χ2v) is 1.85. The first-order chi connectivity index (χ1) is 4.86. The van der Waals surface area contributed by atoms with Crippen molar-refractivity contribution in [1.29, 1.82) is 0 Å². The molecule has 0 saturated heterocycles. The molecule has 0 amide bonds. The topological polar surface area (TPSA) is 42.9 Å². The summed E-state index contributed by atoms with van der Waals surface area (Å²) in [5, 5.41) is 1.36. The first-order valence-corrected chi connectivity index (χ1v) is 3.06. The molecule has 0 aliphatic carbocycles. The van der Waals surface area contributed by atoms with Gasteiger partial charge in [0, 0.05) is 17.8 Å². The molecule has 0 bridgehead atoms. The van der Waals surface area contributed by atoms with Gasteiger partial charge in [-0.3, -0.25) is 4.79 Å². The Hall–Kier alpha value is -1.16. The van der Waals surface area contributed by atoms with E-state index in [2.05, 4.69) is 22.2 Å². The zero-order valence-electron chi connectivity index (χ0n) is 5.02. The van der Waals surface area contributed by atoms with Crippen molar-refractivity contribution in [2.75, 3.05) is 0 Å². The normalized spacial score (nSPS) is 8.80. The number of carbonyl (C=O) groups excluding carboxylic acids is 1. The maximum absolute atomic E-state index is 10.1. The van der Waals surface area contributed by atoms with Gasteiger partial charge >= 0.3 is 0 Å². The molecule has 1 rings (SSSR count). The van der Waals surface area contributed by atoms with Crippen molar-refractivity contribution in [1.82, 2.24) is 9.97 Å². The average molecular weight is 152 g/mol. The maximum Gasteiger partial charge on any atom is 0.162 e. The minimum absolute atomic E-state index is 0.459. The number of aromatic nitrogens is 2. The van der Waals surface area contributed by atoms with Crippen LogP contribution in [0.1, 0.15) is 16.2 Å². The molecule has 0 aromatic carbocycles. The van der Waals surface area contributed by atoms with E-state index in [9.17, 15) is 4.79 Å². The molecule has 0 unspecified atom stereocenters. The Morgan fingerprint density at radius 3 is 2.40 bits per heavy atom. The van der Waals surface area contributed by atoms with E-state index in [1.54, 1.807) is 0 Å². The molecule has 1 aromatic rings. The van der Waals surface area contributed by atoms with Crippen LogP contribution in [-0.4, -0.2) is 21.6 Å². The van der Waals surface area contributed by atoms with Gasteiger partial charge in [-0.25, -0.2) is 9.97 Å². The molecule has 0 aliphatic rings. The van der Waals surface area contributed by atoms with Crippen molar-refractivity contribution in [3.63, 3.8) is 0 Å². The summed E-state index contributed by atoms with van der Waals surface area (Å²) in [5.41, 5.74) is 0.459. The maximum atomic E-state index is 10.1. The monoisotopic (exact) mass is 152 g/mol. The molecule has 3 nitrogen and oxygen atoms in total. The summed E-state index contributed by atoms with van der Waals surface area (Å²) < 4.78 is 0. The molecule has 4 heteroatoms. The van der Waals surface area contributed by atoms with E-state index in [4.69, 9.17) is 0 Å². The molecular formula is C6H4N2OS. The summed E-state index contributed by atoms with van der Waals surface area (Å²) in [4.78, 5) is 17.6. The highest BCUT2D eigenvalue weighted by molar-refractivity contribution is 7.79. The van der Waals surface area contributed by atoms with Gasteiger partial charge in [0.05, 0.1) is 5.56 Å². The van der Waals surface area contributed by atoms with E-state index >= 15 is 0 Å². The quantitative estimate of drug-likeness (QED) is 0.460. The van der Waals surface area contributed by atoms with Crippen molar-refractivity contribution < 1.29 is 4.79 Å². The van der Waals surface area contributed by atoms with E-state index in [1.165, 1.54) is 17.8 Å². The van der Waals surface area contributed by atoms with E-state index in [-0.39, 0.29) is 0 Å². The SMILES string of the molecule is O=Cc1cnc(C=S)nc1. The second kappa shape index (κ2) is 3.12. The minimum atomic E-state index is 0.459. The zero-order chi connectivity index (χ0) is 7.40. The molecule has 10 heavy (non-hydrogen) atoms. The lowest BCUT2D eigenvalue weighted by atomic mass is 10.4. The Morgan fingerprint density at radius 1 is 1.40 bits per heavy atom. The fourth-order valence-corrected chi connectivity index (χ4v) is 0.591. The number of thiocarbonyl (C=S) groups is 1. The zero-order valence-corrected chi connectivity index (χ0v) is 5.84. The Balaban J connectivity index is 3.00. The van der Waals surface area contributed by atoms with Gasteiger partial charge in [-0.1, -0.05) is 12.2 Å². The van der Waals surface area contributed by atoms with E-state index < -0.39 is 0 Å². The van der Waals surface area contributed by atoms with Crippen LogP contribution >= 0.6 is 12.2 Å². The Bertz CT molecular complexity index is 217. The molecule has 0 aliphatic heterocycles. The van der Waals surface area contributed by atoms with Crippen LogP contribution in [0.2, 0.25) is 0 Å². The van der Waals surface area contributed by atoms with Gasteiger partial charge in [0.1, 0.15) is 0 Å². The molecule has 50 valence electrons. The van der Waals surface area contributed by atoms with E-state index in [1.807, 2.05) is 0 Å².